The van der Waals surface area contributed by atoms with Crippen LogP contribution in [0.4, 0.5) is 4.79 Å². The summed E-state index contributed by atoms with van der Waals surface area (Å²) in [7, 11) is 0. The van der Waals surface area contributed by atoms with E-state index in [1.807, 2.05) is 20.8 Å². The SMILES string of the molecule is CC[C@H](CO)NC(=O)OCC(C)C. The molecule has 0 rings (SSSR count). The maximum absolute atomic E-state index is 11.0. The van der Waals surface area contributed by atoms with Crippen molar-refractivity contribution in [3.63, 3.8) is 0 Å². The van der Waals surface area contributed by atoms with E-state index in [1.165, 1.54) is 0 Å². The van der Waals surface area contributed by atoms with E-state index in [2.05, 4.69) is 5.32 Å². The molecule has 0 bridgehead atoms. The second kappa shape index (κ2) is 6.71. The van der Waals surface area contributed by atoms with E-state index >= 15 is 0 Å². The van der Waals surface area contributed by atoms with Gasteiger partial charge in [-0.05, 0) is 12.3 Å². The van der Waals surface area contributed by atoms with Crippen LogP contribution >= 0.6 is 0 Å². The molecule has 0 unspecified atom stereocenters. The lowest BCUT2D eigenvalue weighted by atomic mass is 10.2. The van der Waals surface area contributed by atoms with Crippen LogP contribution in [0.15, 0.2) is 0 Å². The summed E-state index contributed by atoms with van der Waals surface area (Å²) >= 11 is 0. The zero-order chi connectivity index (χ0) is 10.3. The number of carbonyl (C=O) groups is 1. The van der Waals surface area contributed by atoms with Gasteiger partial charge in [-0.2, -0.15) is 0 Å². The first-order valence-electron chi connectivity index (χ1n) is 4.64. The summed E-state index contributed by atoms with van der Waals surface area (Å²) in [5.74, 6) is 0.333. The molecule has 0 aliphatic heterocycles. The van der Waals surface area contributed by atoms with Gasteiger partial charge >= 0.3 is 6.09 Å². The maximum Gasteiger partial charge on any atom is 0.407 e. The molecule has 13 heavy (non-hydrogen) atoms. The van der Waals surface area contributed by atoms with Crippen LogP contribution in [0.25, 0.3) is 0 Å². The van der Waals surface area contributed by atoms with Crippen molar-refractivity contribution in [3.8, 4) is 0 Å². The van der Waals surface area contributed by atoms with Crippen molar-refractivity contribution >= 4 is 6.09 Å². The predicted molar refractivity (Wildman–Crippen MR) is 50.5 cm³/mol. The van der Waals surface area contributed by atoms with Crippen LogP contribution in [-0.2, 0) is 4.74 Å². The van der Waals surface area contributed by atoms with E-state index in [0.717, 1.165) is 0 Å². The van der Waals surface area contributed by atoms with Gasteiger partial charge in [-0.3, -0.25) is 0 Å². The van der Waals surface area contributed by atoms with Gasteiger partial charge in [0, 0.05) is 0 Å². The smallest absolute Gasteiger partial charge is 0.407 e. The van der Waals surface area contributed by atoms with Crippen LogP contribution < -0.4 is 5.32 Å². The summed E-state index contributed by atoms with van der Waals surface area (Å²) in [5, 5.41) is 11.3. The van der Waals surface area contributed by atoms with Crippen LogP contribution in [0, 0.1) is 5.92 Å². The third-order valence-electron chi connectivity index (χ3n) is 1.58. The number of rotatable bonds is 5. The van der Waals surface area contributed by atoms with E-state index in [-0.39, 0.29) is 12.6 Å². The minimum atomic E-state index is -0.449. The van der Waals surface area contributed by atoms with Crippen molar-refractivity contribution in [1.82, 2.24) is 5.32 Å². The molecule has 2 N–H and O–H groups in total. The predicted octanol–water partition coefficient (Wildman–Crippen LogP) is 1.14. The van der Waals surface area contributed by atoms with Crippen LogP contribution in [0.2, 0.25) is 0 Å². The van der Waals surface area contributed by atoms with Crippen molar-refractivity contribution in [2.75, 3.05) is 13.2 Å². The van der Waals surface area contributed by atoms with Gasteiger partial charge in [0.05, 0.1) is 19.3 Å². The highest BCUT2D eigenvalue weighted by molar-refractivity contribution is 5.67. The van der Waals surface area contributed by atoms with Crippen molar-refractivity contribution < 1.29 is 14.6 Å². The molecule has 0 fully saturated rings. The monoisotopic (exact) mass is 189 g/mol. The summed E-state index contributed by atoms with van der Waals surface area (Å²) < 4.78 is 4.88. The second-order valence-corrected chi connectivity index (χ2v) is 3.42. The number of ether oxygens (including phenoxy) is 1. The minimum absolute atomic E-state index is 0.0483. The number of aliphatic hydroxyl groups excluding tert-OH is 1. The Balaban J connectivity index is 3.60. The molecule has 4 nitrogen and oxygen atoms in total. The van der Waals surface area contributed by atoms with Crippen LogP contribution in [0.5, 0.6) is 0 Å². The Morgan fingerprint density at radius 2 is 2.15 bits per heavy atom. The first kappa shape index (κ1) is 12.2. The lowest BCUT2D eigenvalue weighted by Crippen LogP contribution is -2.37. The van der Waals surface area contributed by atoms with E-state index in [1.54, 1.807) is 0 Å². The standard InChI is InChI=1S/C9H19NO3/c1-4-8(5-11)10-9(12)13-6-7(2)3/h7-8,11H,4-6H2,1-3H3,(H,10,12)/t8-/m1/s1. The number of amides is 1. The van der Waals surface area contributed by atoms with E-state index in [0.29, 0.717) is 18.9 Å². The van der Waals surface area contributed by atoms with Gasteiger partial charge in [0.15, 0.2) is 0 Å². The second-order valence-electron chi connectivity index (χ2n) is 3.42. The zero-order valence-electron chi connectivity index (χ0n) is 8.54. The molecule has 0 aliphatic carbocycles. The molecule has 0 aliphatic rings. The van der Waals surface area contributed by atoms with Gasteiger partial charge in [0.25, 0.3) is 0 Å². The molecule has 1 atom stereocenters. The summed E-state index contributed by atoms with van der Waals surface area (Å²) in [6.07, 6.45) is 0.252. The highest BCUT2D eigenvalue weighted by Gasteiger charge is 2.09. The quantitative estimate of drug-likeness (QED) is 0.681. The minimum Gasteiger partial charge on any atom is -0.449 e. The Hall–Kier alpha value is -0.770. The molecule has 78 valence electrons. The Bertz CT molecular complexity index is 144. The molecule has 4 heteroatoms. The fraction of sp³-hybridized carbons (Fsp3) is 0.889. The van der Waals surface area contributed by atoms with Crippen LogP contribution in [0.3, 0.4) is 0 Å². The van der Waals surface area contributed by atoms with E-state index < -0.39 is 6.09 Å². The molecule has 0 aromatic carbocycles. The first-order chi connectivity index (χ1) is 6.10. The van der Waals surface area contributed by atoms with Crippen LogP contribution in [-0.4, -0.2) is 30.5 Å². The highest BCUT2D eigenvalue weighted by Crippen LogP contribution is 1.94. The van der Waals surface area contributed by atoms with Crippen LogP contribution in [0.1, 0.15) is 27.2 Å². The third kappa shape index (κ3) is 6.40. The van der Waals surface area contributed by atoms with Gasteiger partial charge in [0.2, 0.25) is 0 Å². The molecule has 0 aromatic rings. The number of hydrogen-bond donors (Lipinski definition) is 2. The third-order valence-corrected chi connectivity index (χ3v) is 1.58. The lowest BCUT2D eigenvalue weighted by Gasteiger charge is -2.14. The normalized spacial score (nSPS) is 12.7. The van der Waals surface area contributed by atoms with Gasteiger partial charge in [-0.25, -0.2) is 4.79 Å². The number of alkyl carbamates (subject to hydrolysis) is 1. The van der Waals surface area contributed by atoms with Gasteiger partial charge in [-0.15, -0.1) is 0 Å². The number of nitrogens with one attached hydrogen (secondary N) is 1. The van der Waals surface area contributed by atoms with Crippen molar-refractivity contribution in [2.45, 2.75) is 33.2 Å². The summed E-state index contributed by atoms with van der Waals surface area (Å²) in [4.78, 5) is 11.0. The van der Waals surface area contributed by atoms with Crippen molar-refractivity contribution in [3.05, 3.63) is 0 Å². The molecule has 0 saturated carbocycles. The zero-order valence-corrected chi connectivity index (χ0v) is 8.54. The number of aliphatic hydroxyl groups is 1. The molecule has 0 radical (unpaired) electrons. The van der Waals surface area contributed by atoms with E-state index in [9.17, 15) is 4.79 Å². The highest BCUT2D eigenvalue weighted by atomic mass is 16.5. The number of hydrogen-bond acceptors (Lipinski definition) is 3. The topological polar surface area (TPSA) is 58.6 Å². The Morgan fingerprint density at radius 3 is 2.54 bits per heavy atom. The van der Waals surface area contributed by atoms with Crippen molar-refractivity contribution in [1.29, 1.82) is 0 Å². The summed E-state index contributed by atoms with van der Waals surface area (Å²) in [5.41, 5.74) is 0. The first-order valence-corrected chi connectivity index (χ1v) is 4.64. The largest absolute Gasteiger partial charge is 0.449 e. The molecule has 0 aromatic heterocycles. The molecule has 0 saturated heterocycles. The number of carbonyl (C=O) groups excluding carboxylic acids is 1. The fourth-order valence-electron chi connectivity index (χ4n) is 0.727. The summed E-state index contributed by atoms with van der Waals surface area (Å²) in [6.45, 7) is 6.19. The molecule has 1 amide bonds. The fourth-order valence-corrected chi connectivity index (χ4v) is 0.727. The average molecular weight is 189 g/mol. The van der Waals surface area contributed by atoms with Crippen molar-refractivity contribution in [2.24, 2.45) is 5.92 Å². The van der Waals surface area contributed by atoms with Gasteiger partial charge < -0.3 is 15.2 Å². The summed E-state index contributed by atoms with van der Waals surface area (Å²) in [6, 6.07) is -0.195. The Morgan fingerprint density at radius 1 is 1.54 bits per heavy atom. The van der Waals surface area contributed by atoms with Gasteiger partial charge in [0.1, 0.15) is 0 Å². The molecular formula is C9H19NO3. The lowest BCUT2D eigenvalue weighted by molar-refractivity contribution is 0.123. The van der Waals surface area contributed by atoms with E-state index in [4.69, 9.17) is 9.84 Å². The Kier molecular flexibility index (Phi) is 6.32. The maximum atomic E-state index is 11.0. The Labute approximate surface area is 79.3 Å². The molecule has 0 heterocycles. The average Bonchev–Trinajstić information content (AvgIpc) is 2.10. The molecule has 0 spiro atoms. The van der Waals surface area contributed by atoms with Gasteiger partial charge in [-0.1, -0.05) is 20.8 Å². The molecular weight excluding hydrogens is 170 g/mol.